The third kappa shape index (κ3) is 4.32. The summed E-state index contributed by atoms with van der Waals surface area (Å²) in [5, 5.41) is 5.50. The fourth-order valence-corrected chi connectivity index (χ4v) is 3.38. The molecule has 3 nitrogen and oxygen atoms in total. The Balaban J connectivity index is 2.01. The maximum atomic E-state index is 12.5. The van der Waals surface area contributed by atoms with Crippen LogP contribution in [0.25, 0.3) is 0 Å². The maximum Gasteiger partial charge on any atom is 0.228 e. The van der Waals surface area contributed by atoms with E-state index in [0.717, 1.165) is 32.5 Å². The van der Waals surface area contributed by atoms with E-state index < -0.39 is 0 Å². The zero-order valence-electron chi connectivity index (χ0n) is 11.9. The summed E-state index contributed by atoms with van der Waals surface area (Å²) in [6, 6.07) is 4.42. The summed E-state index contributed by atoms with van der Waals surface area (Å²) in [4.78, 5) is 15.8. The molecule has 1 saturated heterocycles. The van der Waals surface area contributed by atoms with Crippen molar-refractivity contribution in [1.29, 1.82) is 0 Å². The SMILES string of the molecule is CC(C)CC1CNCCCN1C(=O)Cc1cccs1. The number of hydrogen-bond acceptors (Lipinski definition) is 3. The zero-order chi connectivity index (χ0) is 13.7. The molecular weight excluding hydrogens is 256 g/mol. The summed E-state index contributed by atoms with van der Waals surface area (Å²) in [6.45, 7) is 7.32. The zero-order valence-corrected chi connectivity index (χ0v) is 12.7. The van der Waals surface area contributed by atoms with Crippen LogP contribution in [-0.2, 0) is 11.2 Å². The second-order valence-corrected chi connectivity index (χ2v) is 6.72. The fourth-order valence-electron chi connectivity index (χ4n) is 2.68. The lowest BCUT2D eigenvalue weighted by molar-refractivity contribution is -0.132. The summed E-state index contributed by atoms with van der Waals surface area (Å²) in [5.74, 6) is 0.915. The molecule has 1 fully saturated rings. The summed E-state index contributed by atoms with van der Waals surface area (Å²) < 4.78 is 0. The normalized spacial score (nSPS) is 20.6. The minimum Gasteiger partial charge on any atom is -0.338 e. The average Bonchev–Trinajstić information content (AvgIpc) is 2.74. The van der Waals surface area contributed by atoms with Crippen LogP contribution in [0.4, 0.5) is 0 Å². The molecule has 0 bridgehead atoms. The molecule has 0 saturated carbocycles. The van der Waals surface area contributed by atoms with E-state index in [4.69, 9.17) is 0 Å². The number of carbonyl (C=O) groups excluding carboxylic acids is 1. The van der Waals surface area contributed by atoms with E-state index in [2.05, 4.69) is 30.1 Å². The topological polar surface area (TPSA) is 32.3 Å². The van der Waals surface area contributed by atoms with Crippen molar-refractivity contribution in [3.8, 4) is 0 Å². The molecule has 0 spiro atoms. The van der Waals surface area contributed by atoms with Crippen LogP contribution in [0.15, 0.2) is 17.5 Å². The van der Waals surface area contributed by atoms with Gasteiger partial charge in [-0.1, -0.05) is 19.9 Å². The van der Waals surface area contributed by atoms with Crippen molar-refractivity contribution in [3.63, 3.8) is 0 Å². The van der Waals surface area contributed by atoms with Gasteiger partial charge < -0.3 is 10.2 Å². The van der Waals surface area contributed by atoms with Crippen LogP contribution in [-0.4, -0.2) is 36.5 Å². The first-order chi connectivity index (χ1) is 9.16. The third-order valence-corrected chi connectivity index (χ3v) is 4.42. The van der Waals surface area contributed by atoms with Crippen molar-refractivity contribution in [2.45, 2.75) is 39.2 Å². The van der Waals surface area contributed by atoms with Gasteiger partial charge in [0.15, 0.2) is 0 Å². The Hall–Kier alpha value is -0.870. The number of hydrogen-bond donors (Lipinski definition) is 1. The first-order valence-electron chi connectivity index (χ1n) is 7.19. The molecule has 19 heavy (non-hydrogen) atoms. The molecule has 1 N–H and O–H groups in total. The highest BCUT2D eigenvalue weighted by molar-refractivity contribution is 7.10. The van der Waals surface area contributed by atoms with E-state index in [0.29, 0.717) is 18.4 Å². The third-order valence-electron chi connectivity index (χ3n) is 3.54. The van der Waals surface area contributed by atoms with Crippen LogP contribution >= 0.6 is 11.3 Å². The highest BCUT2D eigenvalue weighted by atomic mass is 32.1. The Kier molecular flexibility index (Phi) is 5.40. The van der Waals surface area contributed by atoms with E-state index in [9.17, 15) is 4.79 Å². The number of amides is 1. The summed E-state index contributed by atoms with van der Waals surface area (Å²) >= 11 is 1.67. The number of nitrogens with zero attached hydrogens (tertiary/aromatic N) is 1. The molecule has 1 aromatic rings. The summed E-state index contributed by atoms with van der Waals surface area (Å²) in [7, 11) is 0. The highest BCUT2D eigenvalue weighted by Gasteiger charge is 2.25. The number of carbonyl (C=O) groups is 1. The second kappa shape index (κ2) is 7.06. The van der Waals surface area contributed by atoms with Gasteiger partial charge >= 0.3 is 0 Å². The van der Waals surface area contributed by atoms with Gasteiger partial charge in [-0.25, -0.2) is 0 Å². The number of rotatable bonds is 4. The standard InChI is InChI=1S/C15H24N2OS/c1-12(2)9-13-11-16-6-4-7-17(13)15(18)10-14-5-3-8-19-14/h3,5,8,12-13,16H,4,6-7,9-11H2,1-2H3. The van der Waals surface area contributed by atoms with Gasteiger partial charge in [0.2, 0.25) is 5.91 Å². The summed E-state index contributed by atoms with van der Waals surface area (Å²) in [6.07, 6.45) is 2.71. The number of nitrogens with one attached hydrogen (secondary N) is 1. The lowest BCUT2D eigenvalue weighted by Crippen LogP contribution is -2.44. The maximum absolute atomic E-state index is 12.5. The molecule has 1 aliphatic rings. The van der Waals surface area contributed by atoms with Gasteiger partial charge in [0.05, 0.1) is 6.42 Å². The molecule has 1 aromatic heterocycles. The van der Waals surface area contributed by atoms with Crippen LogP contribution in [0.3, 0.4) is 0 Å². The van der Waals surface area contributed by atoms with Crippen molar-refractivity contribution in [3.05, 3.63) is 22.4 Å². The van der Waals surface area contributed by atoms with Gasteiger partial charge in [0.1, 0.15) is 0 Å². The molecule has 1 unspecified atom stereocenters. The van der Waals surface area contributed by atoms with Gasteiger partial charge in [0.25, 0.3) is 0 Å². The van der Waals surface area contributed by atoms with Crippen LogP contribution in [0.5, 0.6) is 0 Å². The van der Waals surface area contributed by atoms with E-state index >= 15 is 0 Å². The molecule has 2 heterocycles. The van der Waals surface area contributed by atoms with Crippen LogP contribution in [0, 0.1) is 5.92 Å². The van der Waals surface area contributed by atoms with Crippen molar-refractivity contribution in [1.82, 2.24) is 10.2 Å². The highest BCUT2D eigenvalue weighted by Crippen LogP contribution is 2.17. The first kappa shape index (κ1) is 14.5. The molecule has 0 aliphatic carbocycles. The molecule has 4 heteroatoms. The van der Waals surface area contributed by atoms with Crippen LogP contribution in [0.2, 0.25) is 0 Å². The van der Waals surface area contributed by atoms with Crippen molar-refractivity contribution >= 4 is 17.2 Å². The fraction of sp³-hybridized carbons (Fsp3) is 0.667. The smallest absolute Gasteiger partial charge is 0.228 e. The van der Waals surface area contributed by atoms with Crippen LogP contribution < -0.4 is 5.32 Å². The van der Waals surface area contributed by atoms with E-state index in [1.807, 2.05) is 11.4 Å². The molecule has 2 rings (SSSR count). The molecule has 0 radical (unpaired) electrons. The van der Waals surface area contributed by atoms with Gasteiger partial charge in [-0.15, -0.1) is 11.3 Å². The molecule has 1 aliphatic heterocycles. The van der Waals surface area contributed by atoms with Crippen molar-refractivity contribution < 1.29 is 4.79 Å². The molecule has 106 valence electrons. The Morgan fingerprint density at radius 2 is 2.42 bits per heavy atom. The monoisotopic (exact) mass is 280 g/mol. The lowest BCUT2D eigenvalue weighted by Gasteiger charge is -2.31. The summed E-state index contributed by atoms with van der Waals surface area (Å²) in [5.41, 5.74) is 0. The Morgan fingerprint density at radius 3 is 3.11 bits per heavy atom. The van der Waals surface area contributed by atoms with E-state index in [1.54, 1.807) is 11.3 Å². The molecular formula is C15H24N2OS. The predicted molar refractivity (Wildman–Crippen MR) is 80.5 cm³/mol. The quantitative estimate of drug-likeness (QED) is 0.919. The van der Waals surface area contributed by atoms with Gasteiger partial charge in [-0.2, -0.15) is 0 Å². The molecule has 1 atom stereocenters. The minimum absolute atomic E-state index is 0.289. The van der Waals surface area contributed by atoms with E-state index in [1.165, 1.54) is 4.88 Å². The minimum atomic E-state index is 0.289. The van der Waals surface area contributed by atoms with Crippen LogP contribution in [0.1, 0.15) is 31.6 Å². The van der Waals surface area contributed by atoms with Crippen molar-refractivity contribution in [2.24, 2.45) is 5.92 Å². The molecule has 1 amide bonds. The Morgan fingerprint density at radius 1 is 1.58 bits per heavy atom. The first-order valence-corrected chi connectivity index (χ1v) is 8.07. The van der Waals surface area contributed by atoms with Gasteiger partial charge in [-0.05, 0) is 36.8 Å². The van der Waals surface area contributed by atoms with E-state index in [-0.39, 0.29) is 5.91 Å². The Bertz CT molecular complexity index is 389. The molecule has 0 aromatic carbocycles. The van der Waals surface area contributed by atoms with Crippen molar-refractivity contribution in [2.75, 3.05) is 19.6 Å². The number of thiophene rings is 1. The average molecular weight is 280 g/mol. The second-order valence-electron chi connectivity index (χ2n) is 5.68. The largest absolute Gasteiger partial charge is 0.338 e. The Labute approximate surface area is 120 Å². The predicted octanol–water partition coefficient (Wildman–Crippen LogP) is 2.53. The van der Waals surface area contributed by atoms with Gasteiger partial charge in [0, 0.05) is 24.0 Å². The lowest BCUT2D eigenvalue weighted by atomic mass is 10.0. The van der Waals surface area contributed by atoms with Gasteiger partial charge in [-0.3, -0.25) is 4.79 Å².